The number of fused-ring (bicyclic) bond motifs is 1. The number of piperidine rings is 1. The van der Waals surface area contributed by atoms with Crippen LogP contribution in [0.3, 0.4) is 0 Å². The highest BCUT2D eigenvalue weighted by Gasteiger charge is 2.69. The van der Waals surface area contributed by atoms with E-state index in [0.717, 1.165) is 12.0 Å². The van der Waals surface area contributed by atoms with Crippen LogP contribution in [0.2, 0.25) is 0 Å². The SMILES string of the molecule is CC/C(C)=C\C=C(/C)[C@@]12CC1C(=O)NC2=O. The maximum absolute atomic E-state index is 11.7. The zero-order valence-electron chi connectivity index (χ0n) is 9.96. The third kappa shape index (κ3) is 1.42. The molecule has 0 spiro atoms. The zero-order valence-corrected chi connectivity index (χ0v) is 9.96. The summed E-state index contributed by atoms with van der Waals surface area (Å²) in [4.78, 5) is 23.1. The number of amides is 2. The van der Waals surface area contributed by atoms with Crippen LogP contribution in [0.1, 0.15) is 33.6 Å². The van der Waals surface area contributed by atoms with Crippen molar-refractivity contribution in [2.24, 2.45) is 11.3 Å². The smallest absolute Gasteiger partial charge is 0.237 e. The van der Waals surface area contributed by atoms with E-state index in [1.807, 2.05) is 19.1 Å². The summed E-state index contributed by atoms with van der Waals surface area (Å²) in [5.74, 6) is -0.320. The van der Waals surface area contributed by atoms with Crippen LogP contribution in [0.15, 0.2) is 23.3 Å². The second kappa shape index (κ2) is 3.58. The Labute approximate surface area is 95.6 Å². The minimum atomic E-state index is -0.498. The summed E-state index contributed by atoms with van der Waals surface area (Å²) in [7, 11) is 0. The van der Waals surface area contributed by atoms with Crippen LogP contribution in [-0.4, -0.2) is 11.8 Å². The number of allylic oxidation sites excluding steroid dienone is 3. The molecule has 0 aromatic heterocycles. The number of hydrogen-bond donors (Lipinski definition) is 1. The van der Waals surface area contributed by atoms with Gasteiger partial charge in [-0.25, -0.2) is 0 Å². The number of nitrogens with one attached hydrogen (secondary N) is 1. The number of rotatable bonds is 3. The zero-order chi connectivity index (χ0) is 11.9. The first-order chi connectivity index (χ1) is 7.52. The topological polar surface area (TPSA) is 46.2 Å². The lowest BCUT2D eigenvalue weighted by atomic mass is 9.94. The molecule has 0 aromatic rings. The van der Waals surface area contributed by atoms with Gasteiger partial charge in [0, 0.05) is 0 Å². The summed E-state index contributed by atoms with van der Waals surface area (Å²) in [6.07, 6.45) is 5.72. The van der Waals surface area contributed by atoms with Gasteiger partial charge < -0.3 is 0 Å². The van der Waals surface area contributed by atoms with Crippen LogP contribution in [0, 0.1) is 11.3 Å². The van der Waals surface area contributed by atoms with Crippen molar-refractivity contribution in [2.75, 3.05) is 0 Å². The van der Waals surface area contributed by atoms with Crippen LogP contribution >= 0.6 is 0 Å². The van der Waals surface area contributed by atoms with Crippen LogP contribution in [0.4, 0.5) is 0 Å². The van der Waals surface area contributed by atoms with E-state index in [0.29, 0.717) is 6.42 Å². The fourth-order valence-corrected chi connectivity index (χ4v) is 2.29. The number of carbonyl (C=O) groups excluding carboxylic acids is 2. The summed E-state index contributed by atoms with van der Waals surface area (Å²) in [6.45, 7) is 6.10. The molecule has 1 heterocycles. The summed E-state index contributed by atoms with van der Waals surface area (Å²) >= 11 is 0. The Hall–Kier alpha value is -1.38. The lowest BCUT2D eigenvalue weighted by Crippen LogP contribution is -2.28. The van der Waals surface area contributed by atoms with Crippen molar-refractivity contribution in [1.29, 1.82) is 0 Å². The molecule has 1 aliphatic carbocycles. The summed E-state index contributed by atoms with van der Waals surface area (Å²) in [5.41, 5.74) is 1.79. The van der Waals surface area contributed by atoms with Crippen LogP contribution in [-0.2, 0) is 9.59 Å². The van der Waals surface area contributed by atoms with Gasteiger partial charge in [-0.2, -0.15) is 0 Å². The number of imide groups is 1. The molecule has 2 fully saturated rings. The molecule has 86 valence electrons. The van der Waals surface area contributed by atoms with Gasteiger partial charge in [-0.1, -0.05) is 30.2 Å². The van der Waals surface area contributed by atoms with Gasteiger partial charge in [0.2, 0.25) is 11.8 Å². The average molecular weight is 219 g/mol. The number of hydrogen-bond acceptors (Lipinski definition) is 2. The molecule has 1 unspecified atom stereocenters. The minimum Gasteiger partial charge on any atom is -0.295 e. The molecule has 0 radical (unpaired) electrons. The molecule has 2 amide bonds. The molecule has 1 saturated heterocycles. The van der Waals surface area contributed by atoms with Gasteiger partial charge in [-0.15, -0.1) is 0 Å². The molecule has 16 heavy (non-hydrogen) atoms. The Balaban J connectivity index is 2.21. The predicted octanol–water partition coefficient (Wildman–Crippen LogP) is 1.95. The Bertz CT molecular complexity index is 420. The Morgan fingerprint density at radius 1 is 1.44 bits per heavy atom. The van der Waals surface area contributed by atoms with Gasteiger partial charge >= 0.3 is 0 Å². The summed E-state index contributed by atoms with van der Waals surface area (Å²) in [6, 6.07) is 0. The fraction of sp³-hybridized carbons (Fsp3) is 0.538. The monoisotopic (exact) mass is 219 g/mol. The summed E-state index contributed by atoms with van der Waals surface area (Å²) in [5, 5.41) is 2.40. The van der Waals surface area contributed by atoms with Crippen LogP contribution in [0.5, 0.6) is 0 Å². The van der Waals surface area contributed by atoms with E-state index in [-0.39, 0.29) is 17.7 Å². The van der Waals surface area contributed by atoms with Crippen molar-refractivity contribution in [2.45, 2.75) is 33.6 Å². The first-order valence-corrected chi connectivity index (χ1v) is 5.72. The Kier molecular flexibility index (Phi) is 2.49. The van der Waals surface area contributed by atoms with Gasteiger partial charge in [-0.3, -0.25) is 14.9 Å². The quantitative estimate of drug-likeness (QED) is 0.582. The lowest BCUT2D eigenvalue weighted by Gasteiger charge is -2.09. The van der Waals surface area contributed by atoms with Crippen molar-refractivity contribution < 1.29 is 9.59 Å². The molecule has 2 atom stereocenters. The molecule has 2 aliphatic rings. The highest BCUT2D eigenvalue weighted by Crippen LogP contribution is 2.60. The van der Waals surface area contributed by atoms with E-state index >= 15 is 0 Å². The second-order valence-electron chi connectivity index (χ2n) is 4.76. The third-order valence-electron chi connectivity index (χ3n) is 3.80. The van der Waals surface area contributed by atoms with E-state index in [1.165, 1.54) is 5.57 Å². The molecule has 1 aliphatic heterocycles. The minimum absolute atomic E-state index is 0.103. The van der Waals surface area contributed by atoms with Crippen LogP contribution < -0.4 is 5.32 Å². The normalized spacial score (nSPS) is 33.8. The van der Waals surface area contributed by atoms with E-state index in [2.05, 4.69) is 19.2 Å². The number of carbonyl (C=O) groups is 2. The van der Waals surface area contributed by atoms with Gasteiger partial charge in [0.05, 0.1) is 11.3 Å². The fourth-order valence-electron chi connectivity index (χ4n) is 2.29. The molecule has 1 saturated carbocycles. The molecule has 2 rings (SSSR count). The molecule has 0 bridgehead atoms. The van der Waals surface area contributed by atoms with Crippen molar-refractivity contribution >= 4 is 11.8 Å². The maximum Gasteiger partial charge on any atom is 0.237 e. The Morgan fingerprint density at radius 2 is 2.12 bits per heavy atom. The first-order valence-electron chi connectivity index (χ1n) is 5.72. The molecule has 3 nitrogen and oxygen atoms in total. The van der Waals surface area contributed by atoms with E-state index in [4.69, 9.17) is 0 Å². The third-order valence-corrected chi connectivity index (χ3v) is 3.80. The average Bonchev–Trinajstić information content (AvgIpc) is 2.96. The van der Waals surface area contributed by atoms with Crippen molar-refractivity contribution in [1.82, 2.24) is 5.32 Å². The maximum atomic E-state index is 11.7. The van der Waals surface area contributed by atoms with Gasteiger partial charge in [0.15, 0.2) is 0 Å². The second-order valence-corrected chi connectivity index (χ2v) is 4.76. The molecular formula is C13H17NO2. The molecular weight excluding hydrogens is 202 g/mol. The highest BCUT2D eigenvalue weighted by atomic mass is 16.2. The first kappa shape index (κ1) is 11.1. The lowest BCUT2D eigenvalue weighted by molar-refractivity contribution is -0.128. The molecule has 3 heteroatoms. The van der Waals surface area contributed by atoms with Crippen LogP contribution in [0.25, 0.3) is 0 Å². The molecule has 1 N–H and O–H groups in total. The predicted molar refractivity (Wildman–Crippen MR) is 61.5 cm³/mol. The van der Waals surface area contributed by atoms with Gasteiger partial charge in [0.1, 0.15) is 0 Å². The van der Waals surface area contributed by atoms with Crippen molar-refractivity contribution in [3.8, 4) is 0 Å². The van der Waals surface area contributed by atoms with E-state index < -0.39 is 5.41 Å². The Morgan fingerprint density at radius 3 is 2.56 bits per heavy atom. The van der Waals surface area contributed by atoms with Crippen molar-refractivity contribution in [3.63, 3.8) is 0 Å². The van der Waals surface area contributed by atoms with Crippen molar-refractivity contribution in [3.05, 3.63) is 23.3 Å². The highest BCUT2D eigenvalue weighted by molar-refractivity contribution is 6.13. The summed E-state index contributed by atoms with van der Waals surface area (Å²) < 4.78 is 0. The van der Waals surface area contributed by atoms with E-state index in [1.54, 1.807) is 0 Å². The van der Waals surface area contributed by atoms with E-state index in [9.17, 15) is 9.59 Å². The standard InChI is InChI=1S/C13H17NO2/c1-4-8(2)5-6-9(3)13-7-10(13)11(15)14-12(13)16/h5-6,10H,4,7H2,1-3H3,(H,14,15,16)/b8-5-,9-6+/t10?,13-/m0/s1. The van der Waals surface area contributed by atoms with Gasteiger partial charge in [-0.05, 0) is 26.7 Å². The van der Waals surface area contributed by atoms with Gasteiger partial charge in [0.25, 0.3) is 0 Å². The largest absolute Gasteiger partial charge is 0.295 e. The molecule has 0 aromatic carbocycles.